The van der Waals surface area contributed by atoms with Gasteiger partial charge in [-0.3, -0.25) is 0 Å². The summed E-state index contributed by atoms with van der Waals surface area (Å²) in [5, 5.41) is 8.74. The van der Waals surface area contributed by atoms with Crippen molar-refractivity contribution in [2.24, 2.45) is 0 Å². The van der Waals surface area contributed by atoms with Crippen molar-refractivity contribution < 1.29 is 4.74 Å². The van der Waals surface area contributed by atoms with Crippen molar-refractivity contribution in [1.82, 2.24) is 4.98 Å². The second kappa shape index (κ2) is 5.03. The zero-order valence-electron chi connectivity index (χ0n) is 8.16. The second-order valence-electron chi connectivity index (χ2n) is 3.02. The molecule has 0 aromatic carbocycles. The van der Waals surface area contributed by atoms with E-state index in [9.17, 15) is 0 Å². The van der Waals surface area contributed by atoms with E-state index in [4.69, 9.17) is 10.00 Å². The van der Waals surface area contributed by atoms with Crippen LogP contribution in [0.1, 0.15) is 18.9 Å². The minimum absolute atomic E-state index is 0.399. The van der Waals surface area contributed by atoms with Gasteiger partial charge in [0.2, 0.25) is 5.88 Å². The van der Waals surface area contributed by atoms with Crippen molar-refractivity contribution in [3.63, 3.8) is 0 Å². The number of nitrogens with zero attached hydrogens (tertiary/aromatic N) is 2. The van der Waals surface area contributed by atoms with E-state index in [1.807, 2.05) is 13.0 Å². The normalized spacial score (nSPS) is 9.14. The standard InChI is InChI=1S/C11H12N2O/c1-9(2)5-7-14-11-10(8-12)4-3-6-13-11/h3-4,6H,1,5,7H2,2H3. The molecule has 0 N–H and O–H groups in total. The number of hydrogen-bond donors (Lipinski definition) is 0. The van der Waals surface area contributed by atoms with Gasteiger partial charge >= 0.3 is 0 Å². The Balaban J connectivity index is 2.59. The number of hydrogen-bond acceptors (Lipinski definition) is 3. The molecule has 0 saturated carbocycles. The summed E-state index contributed by atoms with van der Waals surface area (Å²) in [7, 11) is 0. The van der Waals surface area contributed by atoms with E-state index in [-0.39, 0.29) is 0 Å². The van der Waals surface area contributed by atoms with Crippen LogP contribution in [0.2, 0.25) is 0 Å². The molecule has 0 atom stereocenters. The maximum absolute atomic E-state index is 8.74. The lowest BCUT2D eigenvalue weighted by molar-refractivity contribution is 0.308. The van der Waals surface area contributed by atoms with Crippen LogP contribution in [0.3, 0.4) is 0 Å². The SMILES string of the molecule is C=C(C)CCOc1ncccc1C#N. The van der Waals surface area contributed by atoms with Gasteiger partial charge in [0, 0.05) is 12.6 Å². The van der Waals surface area contributed by atoms with Gasteiger partial charge in [-0.1, -0.05) is 5.57 Å². The summed E-state index contributed by atoms with van der Waals surface area (Å²) in [6, 6.07) is 5.42. The Bertz CT molecular complexity index is 366. The number of rotatable bonds is 4. The van der Waals surface area contributed by atoms with Gasteiger partial charge in [0.1, 0.15) is 11.6 Å². The molecule has 0 amide bonds. The average molecular weight is 188 g/mol. The molecular weight excluding hydrogens is 176 g/mol. The Kier molecular flexibility index (Phi) is 3.69. The molecule has 0 aliphatic rings. The first-order valence-electron chi connectivity index (χ1n) is 4.36. The maximum atomic E-state index is 8.74. The molecule has 3 heteroatoms. The van der Waals surface area contributed by atoms with Crippen molar-refractivity contribution in [1.29, 1.82) is 5.26 Å². The van der Waals surface area contributed by atoms with E-state index >= 15 is 0 Å². The number of aromatic nitrogens is 1. The van der Waals surface area contributed by atoms with Crippen molar-refractivity contribution in [2.45, 2.75) is 13.3 Å². The summed E-state index contributed by atoms with van der Waals surface area (Å²) in [6.07, 6.45) is 2.39. The quantitative estimate of drug-likeness (QED) is 0.681. The summed E-state index contributed by atoms with van der Waals surface area (Å²) < 4.78 is 5.34. The van der Waals surface area contributed by atoms with Gasteiger partial charge in [-0.15, -0.1) is 6.58 Å². The summed E-state index contributed by atoms with van der Waals surface area (Å²) in [5.41, 5.74) is 1.52. The Hall–Kier alpha value is -1.82. The molecule has 1 heterocycles. The van der Waals surface area contributed by atoms with Crippen LogP contribution in [0.4, 0.5) is 0 Å². The van der Waals surface area contributed by atoms with Crippen molar-refractivity contribution in [3.8, 4) is 11.9 Å². The number of ether oxygens (including phenoxy) is 1. The first-order chi connectivity index (χ1) is 6.74. The van der Waals surface area contributed by atoms with Crippen LogP contribution in [0.5, 0.6) is 5.88 Å². The molecule has 0 aliphatic heterocycles. The van der Waals surface area contributed by atoms with Crippen LogP contribution in [0.15, 0.2) is 30.5 Å². The highest BCUT2D eigenvalue weighted by Crippen LogP contribution is 2.13. The lowest BCUT2D eigenvalue weighted by atomic mass is 10.2. The van der Waals surface area contributed by atoms with Gasteiger partial charge in [0.05, 0.1) is 6.61 Å². The zero-order valence-corrected chi connectivity index (χ0v) is 8.16. The molecule has 0 saturated heterocycles. The minimum atomic E-state index is 0.399. The van der Waals surface area contributed by atoms with Crippen LogP contribution in [-0.2, 0) is 0 Å². The van der Waals surface area contributed by atoms with E-state index in [2.05, 4.69) is 11.6 Å². The summed E-state index contributed by atoms with van der Waals surface area (Å²) in [6.45, 7) is 6.22. The summed E-state index contributed by atoms with van der Waals surface area (Å²) in [4.78, 5) is 3.97. The van der Waals surface area contributed by atoms with Gasteiger partial charge in [0.25, 0.3) is 0 Å². The van der Waals surface area contributed by atoms with Gasteiger partial charge in [0.15, 0.2) is 0 Å². The van der Waals surface area contributed by atoms with Crippen LogP contribution >= 0.6 is 0 Å². The van der Waals surface area contributed by atoms with Crippen LogP contribution in [0, 0.1) is 11.3 Å². The molecule has 72 valence electrons. The molecule has 0 unspecified atom stereocenters. The van der Waals surface area contributed by atoms with E-state index < -0.39 is 0 Å². The van der Waals surface area contributed by atoms with Gasteiger partial charge < -0.3 is 4.74 Å². The fourth-order valence-corrected chi connectivity index (χ4v) is 0.913. The van der Waals surface area contributed by atoms with Crippen LogP contribution < -0.4 is 4.74 Å². The highest BCUT2D eigenvalue weighted by Gasteiger charge is 2.02. The van der Waals surface area contributed by atoms with Crippen LogP contribution in [0.25, 0.3) is 0 Å². The predicted molar refractivity (Wildman–Crippen MR) is 53.9 cm³/mol. The van der Waals surface area contributed by atoms with Gasteiger partial charge in [-0.25, -0.2) is 4.98 Å². The molecular formula is C11H12N2O. The van der Waals surface area contributed by atoms with Crippen molar-refractivity contribution in [2.75, 3.05) is 6.61 Å². The first kappa shape index (κ1) is 10.3. The third kappa shape index (κ3) is 2.91. The smallest absolute Gasteiger partial charge is 0.231 e. The van der Waals surface area contributed by atoms with Gasteiger partial charge in [-0.05, 0) is 19.1 Å². The van der Waals surface area contributed by atoms with E-state index in [0.29, 0.717) is 18.1 Å². The largest absolute Gasteiger partial charge is 0.476 e. The topological polar surface area (TPSA) is 45.9 Å². The van der Waals surface area contributed by atoms with Crippen LogP contribution in [-0.4, -0.2) is 11.6 Å². The Morgan fingerprint density at radius 3 is 3.14 bits per heavy atom. The van der Waals surface area contributed by atoms with Crippen molar-refractivity contribution in [3.05, 3.63) is 36.0 Å². The molecule has 14 heavy (non-hydrogen) atoms. The number of nitriles is 1. The highest BCUT2D eigenvalue weighted by atomic mass is 16.5. The molecule has 0 aliphatic carbocycles. The van der Waals surface area contributed by atoms with Gasteiger partial charge in [-0.2, -0.15) is 5.26 Å². The Morgan fingerprint density at radius 2 is 2.50 bits per heavy atom. The molecule has 1 aromatic heterocycles. The Morgan fingerprint density at radius 1 is 1.71 bits per heavy atom. The third-order valence-corrected chi connectivity index (χ3v) is 1.66. The summed E-state index contributed by atoms with van der Waals surface area (Å²) in [5.74, 6) is 0.399. The summed E-state index contributed by atoms with van der Waals surface area (Å²) >= 11 is 0. The second-order valence-corrected chi connectivity index (χ2v) is 3.02. The average Bonchev–Trinajstić information content (AvgIpc) is 2.18. The number of pyridine rings is 1. The monoisotopic (exact) mass is 188 g/mol. The lowest BCUT2D eigenvalue weighted by Crippen LogP contribution is -2.00. The fourth-order valence-electron chi connectivity index (χ4n) is 0.913. The zero-order chi connectivity index (χ0) is 10.4. The minimum Gasteiger partial charge on any atom is -0.476 e. The van der Waals surface area contributed by atoms with Crippen molar-refractivity contribution >= 4 is 0 Å². The maximum Gasteiger partial charge on any atom is 0.231 e. The first-order valence-corrected chi connectivity index (χ1v) is 4.36. The van der Waals surface area contributed by atoms with E-state index in [1.165, 1.54) is 0 Å². The molecule has 0 bridgehead atoms. The van der Waals surface area contributed by atoms with E-state index in [0.717, 1.165) is 12.0 Å². The lowest BCUT2D eigenvalue weighted by Gasteiger charge is -2.05. The predicted octanol–water partition coefficient (Wildman–Crippen LogP) is 2.30. The molecule has 0 fully saturated rings. The molecule has 1 rings (SSSR count). The highest BCUT2D eigenvalue weighted by molar-refractivity contribution is 5.36. The third-order valence-electron chi connectivity index (χ3n) is 1.66. The molecule has 3 nitrogen and oxygen atoms in total. The Labute approximate surface area is 83.7 Å². The molecule has 1 aromatic rings. The fraction of sp³-hybridized carbons (Fsp3) is 0.273. The van der Waals surface area contributed by atoms with E-state index in [1.54, 1.807) is 18.3 Å². The molecule has 0 radical (unpaired) electrons. The molecule has 0 spiro atoms.